The lowest BCUT2D eigenvalue weighted by atomic mass is 9.61. The molecule has 0 spiro atoms. The molecule has 1 saturated carbocycles. The van der Waals surface area contributed by atoms with E-state index >= 15 is 0 Å². The highest BCUT2D eigenvalue weighted by atomic mass is 16.2. The SMILES string of the molecule is CCC1(C)CC(N2C(=O)c3ccc(C(=O)c4ccc5c(c4)C(=O)N(C)C5=O)cc3C2=O)CC(C)(C)C1. The Balaban J connectivity index is 1.45. The topological polar surface area (TPSA) is 91.8 Å². The molecule has 186 valence electrons. The Kier molecular flexibility index (Phi) is 5.32. The van der Waals surface area contributed by atoms with Gasteiger partial charge in [-0.05, 0) is 54.4 Å². The van der Waals surface area contributed by atoms with Crippen LogP contribution in [0, 0.1) is 10.8 Å². The fraction of sp³-hybridized carbons (Fsp3) is 0.414. The van der Waals surface area contributed by atoms with Crippen molar-refractivity contribution in [2.45, 2.75) is 59.4 Å². The zero-order chi connectivity index (χ0) is 26.2. The van der Waals surface area contributed by atoms with Crippen molar-refractivity contribution in [2.24, 2.45) is 10.8 Å². The van der Waals surface area contributed by atoms with Gasteiger partial charge in [0.15, 0.2) is 5.78 Å². The highest BCUT2D eigenvalue weighted by Crippen LogP contribution is 2.50. The molecule has 0 bridgehead atoms. The molecule has 2 heterocycles. The van der Waals surface area contributed by atoms with E-state index in [1.807, 2.05) is 0 Å². The minimum absolute atomic E-state index is 0.00456. The number of hydrogen-bond donors (Lipinski definition) is 0. The summed E-state index contributed by atoms with van der Waals surface area (Å²) in [4.78, 5) is 67.1. The molecule has 2 unspecified atom stereocenters. The van der Waals surface area contributed by atoms with Crippen molar-refractivity contribution in [1.29, 1.82) is 0 Å². The quantitative estimate of drug-likeness (QED) is 0.460. The first-order chi connectivity index (χ1) is 16.9. The van der Waals surface area contributed by atoms with E-state index in [2.05, 4.69) is 27.7 Å². The van der Waals surface area contributed by atoms with E-state index in [9.17, 15) is 24.0 Å². The Bertz CT molecular complexity index is 1370. The van der Waals surface area contributed by atoms with Crippen molar-refractivity contribution >= 4 is 29.4 Å². The third kappa shape index (κ3) is 3.60. The number of ketones is 1. The maximum absolute atomic E-state index is 13.5. The lowest BCUT2D eigenvalue weighted by molar-refractivity contribution is 0.0170. The summed E-state index contributed by atoms with van der Waals surface area (Å²) in [6.07, 6.45) is 3.52. The summed E-state index contributed by atoms with van der Waals surface area (Å²) in [6, 6.07) is 8.79. The molecule has 0 N–H and O–H groups in total. The Labute approximate surface area is 210 Å². The lowest BCUT2D eigenvalue weighted by Crippen LogP contribution is -2.49. The van der Waals surface area contributed by atoms with Gasteiger partial charge in [-0.1, -0.05) is 46.2 Å². The average molecular weight is 487 g/mol. The van der Waals surface area contributed by atoms with Crippen molar-refractivity contribution in [3.05, 3.63) is 69.8 Å². The monoisotopic (exact) mass is 486 g/mol. The Morgan fingerprint density at radius 3 is 1.89 bits per heavy atom. The first-order valence-corrected chi connectivity index (χ1v) is 12.4. The van der Waals surface area contributed by atoms with E-state index < -0.39 is 11.8 Å². The summed E-state index contributed by atoms with van der Waals surface area (Å²) >= 11 is 0. The molecule has 0 saturated heterocycles. The molecular formula is C29H30N2O5. The number of amides is 4. The average Bonchev–Trinajstić information content (AvgIpc) is 3.21. The molecular weight excluding hydrogens is 456 g/mol. The van der Waals surface area contributed by atoms with Gasteiger partial charge in [-0.25, -0.2) is 0 Å². The van der Waals surface area contributed by atoms with Crippen LogP contribution in [0.3, 0.4) is 0 Å². The van der Waals surface area contributed by atoms with Crippen LogP contribution in [0.4, 0.5) is 0 Å². The smallest absolute Gasteiger partial charge is 0.261 e. The van der Waals surface area contributed by atoms with Crippen LogP contribution >= 0.6 is 0 Å². The minimum Gasteiger partial charge on any atom is -0.289 e. The van der Waals surface area contributed by atoms with E-state index in [1.165, 1.54) is 36.2 Å². The fourth-order valence-electron chi connectivity index (χ4n) is 6.43. The van der Waals surface area contributed by atoms with E-state index in [1.54, 1.807) is 12.1 Å². The van der Waals surface area contributed by atoms with Crippen LogP contribution in [0.1, 0.15) is 111 Å². The summed E-state index contributed by atoms with van der Waals surface area (Å²) in [5, 5.41) is 0. The van der Waals surface area contributed by atoms with Crippen molar-refractivity contribution in [3.63, 3.8) is 0 Å². The number of benzene rings is 2. The molecule has 36 heavy (non-hydrogen) atoms. The number of imide groups is 2. The van der Waals surface area contributed by atoms with Crippen LogP contribution < -0.4 is 0 Å². The van der Waals surface area contributed by atoms with Crippen molar-refractivity contribution in [1.82, 2.24) is 9.80 Å². The first kappa shape index (κ1) is 24.1. The van der Waals surface area contributed by atoms with E-state index in [-0.39, 0.29) is 62.3 Å². The third-order valence-corrected chi connectivity index (χ3v) is 8.17. The standard InChI is InChI=1S/C29H30N2O5/c1-6-29(4)14-18(13-28(2,3)15-29)31-26(35)20-10-8-17(12-22(20)27(31)36)23(32)16-7-9-19-21(11-16)25(34)30(5)24(19)33/h7-12,18H,6,13-15H2,1-5H3. The molecule has 7 nitrogen and oxygen atoms in total. The molecule has 5 rings (SSSR count). The zero-order valence-electron chi connectivity index (χ0n) is 21.3. The minimum atomic E-state index is -0.454. The molecule has 3 aliphatic rings. The van der Waals surface area contributed by atoms with Gasteiger partial charge in [0.2, 0.25) is 0 Å². The van der Waals surface area contributed by atoms with Gasteiger partial charge in [0.25, 0.3) is 23.6 Å². The summed E-state index contributed by atoms with van der Waals surface area (Å²) in [5.41, 5.74) is 1.54. The van der Waals surface area contributed by atoms with Gasteiger partial charge in [0, 0.05) is 24.2 Å². The molecule has 4 amide bonds. The second kappa shape index (κ2) is 7.95. The number of nitrogens with zero attached hydrogens (tertiary/aromatic N) is 2. The summed E-state index contributed by atoms with van der Waals surface area (Å²) < 4.78 is 0. The predicted molar refractivity (Wildman–Crippen MR) is 133 cm³/mol. The molecule has 2 atom stereocenters. The molecule has 1 fully saturated rings. The van der Waals surface area contributed by atoms with E-state index in [0.717, 1.165) is 30.6 Å². The fourth-order valence-corrected chi connectivity index (χ4v) is 6.43. The van der Waals surface area contributed by atoms with E-state index in [4.69, 9.17) is 0 Å². The summed E-state index contributed by atoms with van der Waals surface area (Å²) in [6.45, 7) is 8.76. The van der Waals surface area contributed by atoms with Crippen LogP contribution in [0.5, 0.6) is 0 Å². The third-order valence-electron chi connectivity index (χ3n) is 8.17. The van der Waals surface area contributed by atoms with Crippen molar-refractivity contribution < 1.29 is 24.0 Å². The number of rotatable bonds is 4. The molecule has 7 heteroatoms. The van der Waals surface area contributed by atoms with Gasteiger partial charge in [-0.3, -0.25) is 33.8 Å². The van der Waals surface area contributed by atoms with Gasteiger partial charge in [-0.2, -0.15) is 0 Å². The van der Waals surface area contributed by atoms with Crippen LogP contribution in [-0.2, 0) is 0 Å². The van der Waals surface area contributed by atoms with Crippen LogP contribution in [0.15, 0.2) is 36.4 Å². The van der Waals surface area contributed by atoms with Gasteiger partial charge in [0.05, 0.1) is 22.3 Å². The number of carbonyl (C=O) groups excluding carboxylic acids is 5. The van der Waals surface area contributed by atoms with Crippen LogP contribution in [0.2, 0.25) is 0 Å². The Morgan fingerprint density at radius 2 is 1.31 bits per heavy atom. The van der Waals surface area contributed by atoms with Crippen molar-refractivity contribution in [2.75, 3.05) is 7.05 Å². The normalized spacial score (nSPS) is 24.9. The second-order valence-electron chi connectivity index (χ2n) is 11.6. The van der Waals surface area contributed by atoms with Gasteiger partial charge in [0.1, 0.15) is 0 Å². The lowest BCUT2D eigenvalue weighted by Gasteiger charge is -2.48. The molecule has 0 radical (unpaired) electrons. The number of carbonyl (C=O) groups is 5. The molecule has 2 aromatic carbocycles. The summed E-state index contributed by atoms with van der Waals surface area (Å²) in [7, 11) is 1.40. The Morgan fingerprint density at radius 1 is 0.806 bits per heavy atom. The molecule has 0 aromatic heterocycles. The van der Waals surface area contributed by atoms with Gasteiger partial charge < -0.3 is 0 Å². The largest absolute Gasteiger partial charge is 0.289 e. The number of hydrogen-bond acceptors (Lipinski definition) is 5. The number of fused-ring (bicyclic) bond motifs is 2. The van der Waals surface area contributed by atoms with Gasteiger partial charge in [-0.15, -0.1) is 0 Å². The predicted octanol–water partition coefficient (Wildman–Crippen LogP) is 4.73. The van der Waals surface area contributed by atoms with Gasteiger partial charge >= 0.3 is 0 Å². The van der Waals surface area contributed by atoms with Crippen LogP contribution in [0.25, 0.3) is 0 Å². The molecule has 2 aliphatic heterocycles. The molecule has 1 aliphatic carbocycles. The zero-order valence-corrected chi connectivity index (χ0v) is 21.3. The first-order valence-electron chi connectivity index (χ1n) is 12.4. The van der Waals surface area contributed by atoms with Crippen LogP contribution in [-0.4, -0.2) is 52.3 Å². The highest BCUT2D eigenvalue weighted by Gasteiger charge is 2.48. The summed E-state index contributed by atoms with van der Waals surface area (Å²) in [5.74, 6) is -1.90. The second-order valence-corrected chi connectivity index (χ2v) is 11.6. The maximum atomic E-state index is 13.5. The van der Waals surface area contributed by atoms with Crippen molar-refractivity contribution in [3.8, 4) is 0 Å². The highest BCUT2D eigenvalue weighted by molar-refractivity contribution is 6.24. The Hall–Kier alpha value is -3.61. The maximum Gasteiger partial charge on any atom is 0.261 e. The molecule has 2 aromatic rings. The van der Waals surface area contributed by atoms with E-state index in [0.29, 0.717) is 5.56 Å².